The molecule has 1 aliphatic heterocycles. The lowest BCUT2D eigenvalue weighted by molar-refractivity contribution is -0.101. The van der Waals surface area contributed by atoms with E-state index in [1.165, 1.54) is 0 Å². The first-order chi connectivity index (χ1) is 11.3. The molecular weight excluding hydrogens is 294 g/mol. The minimum absolute atomic E-state index is 0.0607. The molecular formula is C17H21N3O3. The Hall–Kier alpha value is -1.92. The van der Waals surface area contributed by atoms with E-state index >= 15 is 0 Å². The second-order valence-corrected chi connectivity index (χ2v) is 6.25. The first-order valence-corrected chi connectivity index (χ1v) is 8.14. The van der Waals surface area contributed by atoms with Crippen molar-refractivity contribution in [1.29, 1.82) is 0 Å². The van der Waals surface area contributed by atoms with Crippen LogP contribution in [0.1, 0.15) is 29.6 Å². The first-order valence-electron chi connectivity index (χ1n) is 8.14. The standard InChI is InChI=1S/C17H21N3O3/c1-22-13-2-3-15-14(11-13)20(8-9-23-15)17(21)12-4-6-19-7-5-18-16(19)10-12/h4-7,10,13-15H,2-3,8-9,11H2,1H3/t13-,14+,15-/m1/s1. The number of amides is 1. The number of imidazole rings is 1. The SMILES string of the molecule is CO[C@@H]1CC[C@H]2OCCN(C(=O)c3ccn4ccnc4c3)[C@H]2C1. The molecule has 1 aliphatic carbocycles. The van der Waals surface area contributed by atoms with Crippen LogP contribution in [0, 0.1) is 0 Å². The van der Waals surface area contributed by atoms with E-state index in [4.69, 9.17) is 9.47 Å². The monoisotopic (exact) mass is 315 g/mol. The molecule has 4 rings (SSSR count). The number of ether oxygens (including phenoxy) is 2. The van der Waals surface area contributed by atoms with Gasteiger partial charge in [0, 0.05) is 37.8 Å². The Labute approximate surface area is 135 Å². The van der Waals surface area contributed by atoms with Crippen LogP contribution in [0.15, 0.2) is 30.7 Å². The molecule has 122 valence electrons. The number of methoxy groups -OCH3 is 1. The number of nitrogens with zero attached hydrogens (tertiary/aromatic N) is 3. The molecule has 1 amide bonds. The number of carbonyl (C=O) groups excluding carboxylic acids is 1. The number of pyridine rings is 1. The van der Waals surface area contributed by atoms with Crippen molar-refractivity contribution in [2.75, 3.05) is 20.3 Å². The van der Waals surface area contributed by atoms with Gasteiger partial charge in [-0.1, -0.05) is 0 Å². The summed E-state index contributed by atoms with van der Waals surface area (Å²) in [6.07, 6.45) is 8.63. The summed E-state index contributed by atoms with van der Waals surface area (Å²) in [5, 5.41) is 0. The van der Waals surface area contributed by atoms with Gasteiger partial charge >= 0.3 is 0 Å². The highest BCUT2D eigenvalue weighted by atomic mass is 16.5. The zero-order valence-corrected chi connectivity index (χ0v) is 13.2. The van der Waals surface area contributed by atoms with E-state index < -0.39 is 0 Å². The summed E-state index contributed by atoms with van der Waals surface area (Å²) in [6.45, 7) is 1.24. The van der Waals surface area contributed by atoms with Crippen LogP contribution in [-0.4, -0.2) is 58.7 Å². The van der Waals surface area contributed by atoms with Crippen molar-refractivity contribution < 1.29 is 14.3 Å². The van der Waals surface area contributed by atoms with Gasteiger partial charge in [-0.15, -0.1) is 0 Å². The molecule has 2 aromatic rings. The highest BCUT2D eigenvalue weighted by Gasteiger charge is 2.40. The fraction of sp³-hybridized carbons (Fsp3) is 0.529. The Bertz CT molecular complexity index is 714. The number of fused-ring (bicyclic) bond motifs is 2. The smallest absolute Gasteiger partial charge is 0.254 e. The van der Waals surface area contributed by atoms with Crippen LogP contribution in [0.2, 0.25) is 0 Å². The van der Waals surface area contributed by atoms with Gasteiger partial charge < -0.3 is 18.8 Å². The Morgan fingerprint density at radius 2 is 2.30 bits per heavy atom. The highest BCUT2D eigenvalue weighted by Crippen LogP contribution is 2.31. The second kappa shape index (κ2) is 5.94. The third-order valence-electron chi connectivity index (χ3n) is 5.01. The molecule has 0 radical (unpaired) electrons. The van der Waals surface area contributed by atoms with Gasteiger partial charge in [0.15, 0.2) is 0 Å². The highest BCUT2D eigenvalue weighted by molar-refractivity contribution is 5.95. The molecule has 0 aromatic carbocycles. The minimum Gasteiger partial charge on any atom is -0.381 e. The topological polar surface area (TPSA) is 56.1 Å². The number of hydrogen-bond donors (Lipinski definition) is 0. The van der Waals surface area contributed by atoms with Gasteiger partial charge in [-0.25, -0.2) is 4.98 Å². The number of morpholine rings is 1. The van der Waals surface area contributed by atoms with Crippen LogP contribution in [0.25, 0.3) is 5.65 Å². The lowest BCUT2D eigenvalue weighted by Crippen LogP contribution is -2.56. The maximum Gasteiger partial charge on any atom is 0.254 e. The Kier molecular flexibility index (Phi) is 3.79. The van der Waals surface area contributed by atoms with Crippen molar-refractivity contribution in [2.45, 2.75) is 37.5 Å². The van der Waals surface area contributed by atoms with E-state index in [9.17, 15) is 4.79 Å². The molecule has 1 saturated heterocycles. The zero-order valence-electron chi connectivity index (χ0n) is 13.2. The molecule has 0 bridgehead atoms. The van der Waals surface area contributed by atoms with Crippen LogP contribution in [0.5, 0.6) is 0 Å². The third kappa shape index (κ3) is 2.62. The predicted molar refractivity (Wildman–Crippen MR) is 84.4 cm³/mol. The maximum absolute atomic E-state index is 13.0. The van der Waals surface area contributed by atoms with Crippen molar-refractivity contribution >= 4 is 11.6 Å². The summed E-state index contributed by atoms with van der Waals surface area (Å²) in [6, 6.07) is 3.81. The average molecular weight is 315 g/mol. The number of hydrogen-bond acceptors (Lipinski definition) is 4. The van der Waals surface area contributed by atoms with Gasteiger partial charge in [0.1, 0.15) is 5.65 Å². The molecule has 2 aliphatic rings. The van der Waals surface area contributed by atoms with E-state index in [0.29, 0.717) is 18.7 Å². The Morgan fingerprint density at radius 1 is 1.39 bits per heavy atom. The van der Waals surface area contributed by atoms with E-state index in [0.717, 1.165) is 24.9 Å². The van der Waals surface area contributed by atoms with Crippen LogP contribution >= 0.6 is 0 Å². The summed E-state index contributed by atoms with van der Waals surface area (Å²) in [4.78, 5) is 19.2. The number of rotatable bonds is 2. The maximum atomic E-state index is 13.0. The average Bonchev–Trinajstić information content (AvgIpc) is 3.07. The van der Waals surface area contributed by atoms with Gasteiger partial charge in [0.05, 0.1) is 24.9 Å². The lowest BCUT2D eigenvalue weighted by atomic mass is 9.87. The molecule has 6 nitrogen and oxygen atoms in total. The molecule has 3 heterocycles. The second-order valence-electron chi connectivity index (χ2n) is 6.25. The molecule has 0 spiro atoms. The van der Waals surface area contributed by atoms with Crippen LogP contribution in [0.4, 0.5) is 0 Å². The van der Waals surface area contributed by atoms with Gasteiger partial charge in [0.2, 0.25) is 0 Å². The van der Waals surface area contributed by atoms with Gasteiger partial charge in [0.25, 0.3) is 5.91 Å². The van der Waals surface area contributed by atoms with Gasteiger partial charge in [-0.2, -0.15) is 0 Å². The first kappa shape index (κ1) is 14.7. The van der Waals surface area contributed by atoms with Crippen molar-refractivity contribution in [3.05, 3.63) is 36.3 Å². The van der Waals surface area contributed by atoms with Crippen LogP contribution in [-0.2, 0) is 9.47 Å². The summed E-state index contributed by atoms with van der Waals surface area (Å²) in [7, 11) is 1.74. The van der Waals surface area contributed by atoms with E-state index in [-0.39, 0.29) is 24.2 Å². The van der Waals surface area contributed by atoms with E-state index in [2.05, 4.69) is 4.98 Å². The van der Waals surface area contributed by atoms with Crippen molar-refractivity contribution in [1.82, 2.24) is 14.3 Å². The Balaban J connectivity index is 1.60. The van der Waals surface area contributed by atoms with Crippen LogP contribution < -0.4 is 0 Å². The third-order valence-corrected chi connectivity index (χ3v) is 5.01. The molecule has 0 N–H and O–H groups in total. The number of aromatic nitrogens is 2. The molecule has 2 aromatic heterocycles. The fourth-order valence-corrected chi connectivity index (χ4v) is 3.75. The van der Waals surface area contributed by atoms with E-state index in [1.807, 2.05) is 33.8 Å². The van der Waals surface area contributed by atoms with Gasteiger partial charge in [-0.05, 0) is 31.4 Å². The minimum atomic E-state index is 0.0607. The summed E-state index contributed by atoms with van der Waals surface area (Å²) < 4.78 is 13.3. The summed E-state index contributed by atoms with van der Waals surface area (Å²) in [5.41, 5.74) is 1.47. The van der Waals surface area contributed by atoms with Gasteiger partial charge in [-0.3, -0.25) is 4.79 Å². The van der Waals surface area contributed by atoms with Crippen molar-refractivity contribution in [2.24, 2.45) is 0 Å². The van der Waals surface area contributed by atoms with Crippen LogP contribution in [0.3, 0.4) is 0 Å². The molecule has 6 heteroatoms. The molecule has 1 saturated carbocycles. The summed E-state index contributed by atoms with van der Waals surface area (Å²) in [5.74, 6) is 0.0607. The quantitative estimate of drug-likeness (QED) is 0.847. The molecule has 0 unspecified atom stereocenters. The summed E-state index contributed by atoms with van der Waals surface area (Å²) >= 11 is 0. The molecule has 2 fully saturated rings. The zero-order chi connectivity index (χ0) is 15.8. The van der Waals surface area contributed by atoms with Crippen molar-refractivity contribution in [3.8, 4) is 0 Å². The normalized spacial score (nSPS) is 27.9. The largest absolute Gasteiger partial charge is 0.381 e. The fourth-order valence-electron chi connectivity index (χ4n) is 3.75. The Morgan fingerprint density at radius 3 is 3.17 bits per heavy atom. The van der Waals surface area contributed by atoms with E-state index in [1.54, 1.807) is 13.3 Å². The molecule has 3 atom stereocenters. The molecule has 23 heavy (non-hydrogen) atoms. The number of carbonyl (C=O) groups is 1. The van der Waals surface area contributed by atoms with Crippen molar-refractivity contribution in [3.63, 3.8) is 0 Å². The lowest BCUT2D eigenvalue weighted by Gasteiger charge is -2.45. The predicted octanol–water partition coefficient (Wildman–Crippen LogP) is 1.74.